The van der Waals surface area contributed by atoms with E-state index in [0.29, 0.717) is 5.95 Å². The van der Waals surface area contributed by atoms with Crippen LogP contribution in [-0.4, -0.2) is 40.9 Å². The third kappa shape index (κ3) is 2.33. The molecule has 0 saturated carbocycles. The molecule has 2 heterocycles. The van der Waals surface area contributed by atoms with Crippen LogP contribution in [0.25, 0.3) is 0 Å². The Balaban J connectivity index is 1.77. The van der Waals surface area contributed by atoms with E-state index in [-0.39, 0.29) is 0 Å². The molecule has 0 radical (unpaired) electrons. The number of nitrogen functional groups attached to an aromatic ring is 1. The molecule has 0 amide bonds. The van der Waals surface area contributed by atoms with Gasteiger partial charge in [-0.05, 0) is 25.9 Å². The number of nitrogens with one attached hydrogen (secondary N) is 1. The molecule has 5 nitrogen and oxygen atoms in total. The zero-order valence-electron chi connectivity index (χ0n) is 8.23. The highest BCUT2D eigenvalue weighted by Gasteiger charge is 2.19. The summed E-state index contributed by atoms with van der Waals surface area (Å²) in [5, 5.41) is 4.10. The van der Waals surface area contributed by atoms with Gasteiger partial charge in [-0.25, -0.2) is 0 Å². The van der Waals surface area contributed by atoms with Gasteiger partial charge in [-0.15, -0.1) is 0 Å². The molecular formula is C8H15N5S. The van der Waals surface area contributed by atoms with Gasteiger partial charge >= 0.3 is 0 Å². The van der Waals surface area contributed by atoms with Crippen LogP contribution in [0.5, 0.6) is 0 Å². The maximum absolute atomic E-state index is 5.42. The average molecular weight is 213 g/mol. The fourth-order valence-electron chi connectivity index (χ4n) is 1.73. The lowest BCUT2D eigenvalue weighted by Crippen LogP contribution is -2.19. The van der Waals surface area contributed by atoms with E-state index < -0.39 is 0 Å². The fourth-order valence-corrected chi connectivity index (χ4v) is 2.23. The monoisotopic (exact) mass is 213 g/mol. The molecule has 1 atom stereocenters. The fraction of sp³-hybridized carbons (Fsp3) is 0.750. The average Bonchev–Trinajstić information content (AvgIpc) is 2.72. The first-order chi connectivity index (χ1) is 6.74. The minimum atomic E-state index is 0.362. The molecule has 0 spiro atoms. The lowest BCUT2D eigenvalue weighted by Gasteiger charge is -2.10. The highest BCUT2D eigenvalue weighted by Crippen LogP contribution is 2.17. The summed E-state index contributed by atoms with van der Waals surface area (Å²) in [5.41, 5.74) is 5.42. The largest absolute Gasteiger partial charge is 0.367 e. The van der Waals surface area contributed by atoms with Gasteiger partial charge < -0.3 is 16.0 Å². The van der Waals surface area contributed by atoms with Crippen molar-refractivity contribution >= 4 is 22.6 Å². The van der Waals surface area contributed by atoms with Crippen molar-refractivity contribution in [2.24, 2.45) is 5.92 Å². The van der Waals surface area contributed by atoms with E-state index in [4.69, 9.17) is 5.73 Å². The molecule has 1 fully saturated rings. The number of likely N-dealkylation sites (tertiary alicyclic amines) is 1. The quantitative estimate of drug-likeness (QED) is 0.764. The summed E-state index contributed by atoms with van der Waals surface area (Å²) >= 11 is 1.32. The predicted octanol–water partition coefficient (Wildman–Crippen LogP) is 0.484. The molecule has 78 valence electrons. The highest BCUT2D eigenvalue weighted by atomic mass is 32.1. The van der Waals surface area contributed by atoms with Gasteiger partial charge in [0.15, 0.2) is 0 Å². The molecule has 3 N–H and O–H groups in total. The van der Waals surface area contributed by atoms with Crippen LogP contribution in [0.15, 0.2) is 0 Å². The Bertz CT molecular complexity index is 300. The SMILES string of the molecule is CN1CCC(CNc2nc(N)ns2)C1. The van der Waals surface area contributed by atoms with Gasteiger partial charge in [0, 0.05) is 24.6 Å². The van der Waals surface area contributed by atoms with E-state index in [9.17, 15) is 0 Å². The van der Waals surface area contributed by atoms with Crippen LogP contribution < -0.4 is 11.1 Å². The first kappa shape index (κ1) is 9.67. The van der Waals surface area contributed by atoms with Crippen molar-refractivity contribution in [3.63, 3.8) is 0 Å². The second-order valence-electron chi connectivity index (χ2n) is 3.76. The minimum absolute atomic E-state index is 0.362. The molecule has 1 aliphatic rings. The summed E-state index contributed by atoms with van der Waals surface area (Å²) in [6.07, 6.45) is 1.26. The molecule has 1 aromatic heterocycles. The summed E-state index contributed by atoms with van der Waals surface area (Å²) in [6, 6.07) is 0. The van der Waals surface area contributed by atoms with Crippen molar-refractivity contribution in [3.05, 3.63) is 0 Å². The first-order valence-corrected chi connectivity index (χ1v) is 5.53. The van der Waals surface area contributed by atoms with Crippen molar-refractivity contribution in [1.29, 1.82) is 0 Å². The van der Waals surface area contributed by atoms with Crippen LogP contribution in [0.2, 0.25) is 0 Å². The van der Waals surface area contributed by atoms with Crippen molar-refractivity contribution in [3.8, 4) is 0 Å². The molecule has 1 aromatic rings. The van der Waals surface area contributed by atoms with E-state index in [1.54, 1.807) is 0 Å². The second-order valence-corrected chi connectivity index (χ2v) is 4.51. The van der Waals surface area contributed by atoms with Crippen LogP contribution in [0.4, 0.5) is 11.1 Å². The number of aromatic nitrogens is 2. The Kier molecular flexibility index (Phi) is 2.83. The van der Waals surface area contributed by atoms with E-state index >= 15 is 0 Å². The standard InChI is InChI=1S/C8H15N5S/c1-13-3-2-6(5-13)4-10-8-11-7(9)12-14-8/h6H,2-5H2,1H3,(H3,9,10,11,12). The summed E-state index contributed by atoms with van der Waals surface area (Å²) in [7, 11) is 2.16. The van der Waals surface area contributed by atoms with Crippen molar-refractivity contribution in [1.82, 2.24) is 14.3 Å². The molecule has 14 heavy (non-hydrogen) atoms. The maximum atomic E-state index is 5.42. The van der Waals surface area contributed by atoms with Crippen molar-refractivity contribution in [2.75, 3.05) is 37.7 Å². The normalized spacial score (nSPS) is 22.8. The zero-order valence-corrected chi connectivity index (χ0v) is 9.05. The summed E-state index contributed by atoms with van der Waals surface area (Å²) in [4.78, 5) is 6.40. The molecule has 6 heteroatoms. The summed E-state index contributed by atoms with van der Waals surface area (Å²) < 4.78 is 3.91. The smallest absolute Gasteiger partial charge is 0.233 e. The van der Waals surface area contributed by atoms with Gasteiger partial charge in [0.1, 0.15) is 0 Å². The Morgan fingerprint density at radius 1 is 1.71 bits per heavy atom. The molecular weight excluding hydrogens is 198 g/mol. The molecule has 1 aliphatic heterocycles. The highest BCUT2D eigenvalue weighted by molar-refractivity contribution is 7.09. The molecule has 0 bridgehead atoms. The van der Waals surface area contributed by atoms with Gasteiger partial charge in [0.25, 0.3) is 0 Å². The van der Waals surface area contributed by atoms with Crippen LogP contribution in [-0.2, 0) is 0 Å². The molecule has 2 rings (SSSR count). The zero-order chi connectivity index (χ0) is 9.97. The molecule has 0 aliphatic carbocycles. The number of rotatable bonds is 3. The Morgan fingerprint density at radius 3 is 3.14 bits per heavy atom. The second kappa shape index (κ2) is 4.10. The molecule has 0 aromatic carbocycles. The summed E-state index contributed by atoms with van der Waals surface area (Å²) in [6.45, 7) is 3.34. The minimum Gasteiger partial charge on any atom is -0.367 e. The van der Waals surface area contributed by atoms with Gasteiger partial charge in [-0.3, -0.25) is 0 Å². The van der Waals surface area contributed by atoms with Gasteiger partial charge in [-0.1, -0.05) is 0 Å². The summed E-state index contributed by atoms with van der Waals surface area (Å²) in [5.74, 6) is 1.09. The first-order valence-electron chi connectivity index (χ1n) is 4.75. The number of hydrogen-bond donors (Lipinski definition) is 2. The van der Waals surface area contributed by atoms with Crippen LogP contribution in [0.1, 0.15) is 6.42 Å². The van der Waals surface area contributed by atoms with Crippen LogP contribution >= 0.6 is 11.5 Å². The Morgan fingerprint density at radius 2 is 2.57 bits per heavy atom. The maximum Gasteiger partial charge on any atom is 0.233 e. The third-order valence-electron chi connectivity index (χ3n) is 2.47. The Labute approximate surface area is 87.5 Å². The van der Waals surface area contributed by atoms with Crippen LogP contribution in [0, 0.1) is 5.92 Å². The molecule has 1 unspecified atom stereocenters. The number of nitrogens with two attached hydrogens (primary N) is 1. The topological polar surface area (TPSA) is 67.1 Å². The van der Waals surface area contributed by atoms with Crippen molar-refractivity contribution < 1.29 is 0 Å². The molecule has 1 saturated heterocycles. The van der Waals surface area contributed by atoms with E-state index in [2.05, 4.69) is 26.6 Å². The Hall–Kier alpha value is -0.880. The van der Waals surface area contributed by atoms with E-state index in [1.165, 1.54) is 31.0 Å². The number of hydrogen-bond acceptors (Lipinski definition) is 6. The van der Waals surface area contributed by atoms with E-state index in [0.717, 1.165) is 17.6 Å². The van der Waals surface area contributed by atoms with Gasteiger partial charge in [0.2, 0.25) is 11.1 Å². The lowest BCUT2D eigenvalue weighted by atomic mass is 10.1. The third-order valence-corrected chi connectivity index (χ3v) is 3.16. The van der Waals surface area contributed by atoms with Crippen LogP contribution in [0.3, 0.4) is 0 Å². The van der Waals surface area contributed by atoms with Gasteiger partial charge in [-0.2, -0.15) is 9.36 Å². The number of nitrogens with zero attached hydrogens (tertiary/aromatic N) is 3. The predicted molar refractivity (Wildman–Crippen MR) is 58.4 cm³/mol. The van der Waals surface area contributed by atoms with Gasteiger partial charge in [0.05, 0.1) is 0 Å². The van der Waals surface area contributed by atoms with E-state index in [1.807, 2.05) is 0 Å². The number of anilines is 2. The van der Waals surface area contributed by atoms with Crippen molar-refractivity contribution in [2.45, 2.75) is 6.42 Å². The lowest BCUT2D eigenvalue weighted by molar-refractivity contribution is 0.399.